The first-order chi connectivity index (χ1) is 11.7. The molecular formula is C19H16N2O2S. The Hall–Kier alpha value is -2.66. The van der Waals surface area contributed by atoms with Crippen LogP contribution in [-0.2, 0) is 11.2 Å². The van der Waals surface area contributed by atoms with Crippen LogP contribution in [0.3, 0.4) is 0 Å². The van der Waals surface area contributed by atoms with Crippen LogP contribution in [-0.4, -0.2) is 24.9 Å². The predicted octanol–water partition coefficient (Wildman–Crippen LogP) is 3.22. The van der Waals surface area contributed by atoms with Gasteiger partial charge in [-0.2, -0.15) is 0 Å². The first-order valence-electron chi connectivity index (χ1n) is 7.87. The Kier molecular flexibility index (Phi) is 3.78. The Labute approximate surface area is 143 Å². The number of hydrogen-bond donors (Lipinski definition) is 1. The summed E-state index contributed by atoms with van der Waals surface area (Å²) in [5, 5.41) is 6.89. The monoisotopic (exact) mass is 336 g/mol. The molecule has 4 nitrogen and oxygen atoms in total. The molecule has 24 heavy (non-hydrogen) atoms. The number of amides is 2. The van der Waals surface area contributed by atoms with Crippen LogP contribution < -0.4 is 10.2 Å². The molecule has 1 aliphatic heterocycles. The van der Waals surface area contributed by atoms with Gasteiger partial charge in [0.2, 0.25) is 5.91 Å². The van der Waals surface area contributed by atoms with Crippen molar-refractivity contribution in [1.29, 1.82) is 0 Å². The lowest BCUT2D eigenvalue weighted by molar-refractivity contribution is -0.119. The van der Waals surface area contributed by atoms with Crippen LogP contribution >= 0.6 is 11.3 Å². The van der Waals surface area contributed by atoms with E-state index in [0.29, 0.717) is 12.1 Å². The molecule has 0 spiro atoms. The average molecular weight is 336 g/mol. The molecule has 0 saturated carbocycles. The minimum atomic E-state index is -0.135. The maximum absolute atomic E-state index is 12.6. The number of thiophene rings is 1. The molecule has 0 atom stereocenters. The third-order valence-corrected chi connectivity index (χ3v) is 5.16. The summed E-state index contributed by atoms with van der Waals surface area (Å²) in [7, 11) is 0. The van der Waals surface area contributed by atoms with Crippen LogP contribution in [0.25, 0.3) is 10.8 Å². The Morgan fingerprint density at radius 2 is 1.92 bits per heavy atom. The van der Waals surface area contributed by atoms with Crippen LogP contribution in [0.2, 0.25) is 0 Å². The van der Waals surface area contributed by atoms with Crippen LogP contribution in [0.4, 0.5) is 5.69 Å². The largest absolute Gasteiger partial charge is 0.354 e. The number of anilines is 1. The average Bonchev–Trinajstić information content (AvgIpc) is 3.19. The minimum Gasteiger partial charge on any atom is -0.354 e. The van der Waals surface area contributed by atoms with E-state index in [1.165, 1.54) is 4.88 Å². The van der Waals surface area contributed by atoms with Crippen LogP contribution in [0.5, 0.6) is 0 Å². The fourth-order valence-electron chi connectivity index (χ4n) is 3.12. The van der Waals surface area contributed by atoms with Crippen LogP contribution in [0.15, 0.2) is 53.9 Å². The summed E-state index contributed by atoms with van der Waals surface area (Å²) in [6, 6.07) is 15.5. The lowest BCUT2D eigenvalue weighted by Crippen LogP contribution is -2.39. The highest BCUT2D eigenvalue weighted by atomic mass is 32.1. The fraction of sp³-hybridized carbons (Fsp3) is 0.158. The van der Waals surface area contributed by atoms with E-state index in [1.54, 1.807) is 16.2 Å². The van der Waals surface area contributed by atoms with Gasteiger partial charge in [-0.25, -0.2) is 0 Å². The number of nitrogens with one attached hydrogen (secondary N) is 1. The first kappa shape index (κ1) is 14.9. The van der Waals surface area contributed by atoms with E-state index in [9.17, 15) is 9.59 Å². The maximum atomic E-state index is 12.6. The highest BCUT2D eigenvalue weighted by Crippen LogP contribution is 2.36. The van der Waals surface area contributed by atoms with E-state index in [4.69, 9.17) is 0 Å². The Morgan fingerprint density at radius 1 is 1.08 bits per heavy atom. The molecule has 120 valence electrons. The molecule has 0 bridgehead atoms. The summed E-state index contributed by atoms with van der Waals surface area (Å²) < 4.78 is 0. The maximum Gasteiger partial charge on any atom is 0.259 e. The van der Waals surface area contributed by atoms with Crippen molar-refractivity contribution in [2.24, 2.45) is 0 Å². The second-order valence-corrected chi connectivity index (χ2v) is 6.78. The number of hydrogen-bond acceptors (Lipinski definition) is 3. The third kappa shape index (κ3) is 2.57. The normalized spacial score (nSPS) is 12.8. The fourth-order valence-corrected chi connectivity index (χ4v) is 3.82. The van der Waals surface area contributed by atoms with Gasteiger partial charge in [0.05, 0.1) is 5.69 Å². The zero-order valence-corrected chi connectivity index (χ0v) is 13.8. The highest BCUT2D eigenvalue weighted by Gasteiger charge is 2.30. The number of carbonyl (C=O) groups is 2. The van der Waals surface area contributed by atoms with Crippen molar-refractivity contribution < 1.29 is 9.59 Å². The summed E-state index contributed by atoms with van der Waals surface area (Å²) in [6.45, 7) is 0.635. The molecule has 2 heterocycles. The van der Waals surface area contributed by atoms with Gasteiger partial charge >= 0.3 is 0 Å². The van der Waals surface area contributed by atoms with E-state index in [0.717, 1.165) is 22.9 Å². The van der Waals surface area contributed by atoms with Crippen molar-refractivity contribution in [3.05, 3.63) is 64.4 Å². The van der Waals surface area contributed by atoms with E-state index < -0.39 is 0 Å². The summed E-state index contributed by atoms with van der Waals surface area (Å²) >= 11 is 1.68. The number of carbonyl (C=O) groups excluding carboxylic acids is 2. The molecule has 1 aromatic heterocycles. The molecule has 0 fully saturated rings. The number of nitrogens with zero attached hydrogens (tertiary/aromatic N) is 1. The van der Waals surface area contributed by atoms with Gasteiger partial charge < -0.3 is 5.32 Å². The molecule has 4 rings (SSSR count). The quantitative estimate of drug-likeness (QED) is 0.778. The van der Waals surface area contributed by atoms with Crippen molar-refractivity contribution >= 4 is 39.6 Å². The summed E-state index contributed by atoms with van der Waals surface area (Å²) in [5.74, 6) is -0.236. The summed E-state index contributed by atoms with van der Waals surface area (Å²) in [5.41, 5.74) is 1.50. The van der Waals surface area contributed by atoms with E-state index in [-0.39, 0.29) is 18.4 Å². The lowest BCUT2D eigenvalue weighted by atomic mass is 10.1. The van der Waals surface area contributed by atoms with Crippen molar-refractivity contribution in [3.63, 3.8) is 0 Å². The standard InChI is InChI=1S/C19H16N2O2S/c22-17(20-10-9-14-6-3-11-24-14)12-21-16-8-2-5-13-4-1-7-15(18(13)16)19(21)23/h1-8,11H,9-10,12H2,(H,20,22). The van der Waals surface area contributed by atoms with E-state index in [2.05, 4.69) is 11.4 Å². The summed E-state index contributed by atoms with van der Waals surface area (Å²) in [4.78, 5) is 27.7. The third-order valence-electron chi connectivity index (χ3n) is 4.22. The smallest absolute Gasteiger partial charge is 0.259 e. The predicted molar refractivity (Wildman–Crippen MR) is 96.7 cm³/mol. The van der Waals surface area contributed by atoms with Gasteiger partial charge in [0.1, 0.15) is 6.54 Å². The van der Waals surface area contributed by atoms with Crippen LogP contribution in [0.1, 0.15) is 15.2 Å². The van der Waals surface area contributed by atoms with Gasteiger partial charge in [0.15, 0.2) is 0 Å². The molecule has 2 aromatic carbocycles. The summed E-state index contributed by atoms with van der Waals surface area (Å²) in [6.07, 6.45) is 0.813. The zero-order chi connectivity index (χ0) is 16.5. The Bertz CT molecular complexity index is 913. The topological polar surface area (TPSA) is 49.4 Å². The molecule has 3 aromatic rings. The first-order valence-corrected chi connectivity index (χ1v) is 8.75. The Balaban J connectivity index is 1.47. The van der Waals surface area contributed by atoms with Gasteiger partial charge in [-0.05, 0) is 35.4 Å². The number of rotatable bonds is 5. The molecule has 0 saturated heterocycles. The molecule has 1 N–H and O–H groups in total. The Morgan fingerprint density at radius 3 is 2.71 bits per heavy atom. The molecule has 0 unspecified atom stereocenters. The highest BCUT2D eigenvalue weighted by molar-refractivity contribution is 7.09. The molecule has 0 aliphatic carbocycles. The van der Waals surface area contributed by atoms with Gasteiger partial charge in [-0.1, -0.05) is 30.3 Å². The lowest BCUT2D eigenvalue weighted by Gasteiger charge is -2.17. The second kappa shape index (κ2) is 6.09. The molecule has 5 heteroatoms. The van der Waals surface area contributed by atoms with E-state index >= 15 is 0 Å². The van der Waals surface area contributed by atoms with Crippen molar-refractivity contribution in [2.45, 2.75) is 6.42 Å². The zero-order valence-electron chi connectivity index (χ0n) is 13.0. The SMILES string of the molecule is O=C(CN1C(=O)c2cccc3cccc1c23)NCCc1cccs1. The molecule has 0 radical (unpaired) electrons. The van der Waals surface area contributed by atoms with Gasteiger partial charge in [0, 0.05) is 22.4 Å². The van der Waals surface area contributed by atoms with Crippen LogP contribution in [0, 0.1) is 0 Å². The molecule has 1 aliphatic rings. The van der Waals surface area contributed by atoms with Crippen molar-refractivity contribution in [2.75, 3.05) is 18.0 Å². The second-order valence-electron chi connectivity index (χ2n) is 5.75. The minimum absolute atomic E-state index is 0.0526. The van der Waals surface area contributed by atoms with Gasteiger partial charge in [0.25, 0.3) is 5.91 Å². The molecule has 2 amide bonds. The van der Waals surface area contributed by atoms with Gasteiger partial charge in [-0.3, -0.25) is 14.5 Å². The van der Waals surface area contributed by atoms with Crippen molar-refractivity contribution in [1.82, 2.24) is 5.32 Å². The van der Waals surface area contributed by atoms with Gasteiger partial charge in [-0.15, -0.1) is 11.3 Å². The van der Waals surface area contributed by atoms with Crippen molar-refractivity contribution in [3.8, 4) is 0 Å². The van der Waals surface area contributed by atoms with E-state index in [1.807, 2.05) is 47.8 Å². The number of benzene rings is 2. The molecular weight excluding hydrogens is 320 g/mol.